The molecular weight excluding hydrogens is 260 g/mol. The molecule has 1 aliphatic carbocycles. The molecule has 0 amide bonds. The first kappa shape index (κ1) is 11.2. The van der Waals surface area contributed by atoms with Crippen LogP contribution in [0.25, 0.3) is 0 Å². The van der Waals surface area contributed by atoms with Crippen molar-refractivity contribution in [3.05, 3.63) is 0 Å². The Morgan fingerprint density at radius 3 is 2.73 bits per heavy atom. The molecule has 1 saturated carbocycles. The normalized spacial score (nSPS) is 43.9. The molecule has 0 aromatic heterocycles. The van der Waals surface area contributed by atoms with E-state index in [-0.39, 0.29) is 16.9 Å². The average molecular weight is 277 g/mol. The third-order valence-corrected chi connectivity index (χ3v) is 5.66. The van der Waals surface area contributed by atoms with Gasteiger partial charge in [0.15, 0.2) is 0 Å². The average Bonchev–Trinajstić information content (AvgIpc) is 2.11. The smallest absolute Gasteiger partial charge is 0.434 e. The Morgan fingerprint density at radius 2 is 2.07 bits per heavy atom. The maximum Gasteiger partial charge on any atom is 0.508 e. The van der Waals surface area contributed by atoms with Gasteiger partial charge in [-0.2, -0.15) is 0 Å². The number of alkyl halides is 1. The SMILES string of the molecule is CC1(C)[C@@H](Br)CC[C@]2(C)OC(=O)OC[C@@H]12. The van der Waals surface area contributed by atoms with E-state index in [9.17, 15) is 4.79 Å². The van der Waals surface area contributed by atoms with Crippen molar-refractivity contribution >= 4 is 22.1 Å². The van der Waals surface area contributed by atoms with Crippen molar-refractivity contribution in [1.82, 2.24) is 0 Å². The van der Waals surface area contributed by atoms with Crippen LogP contribution in [0.4, 0.5) is 4.79 Å². The second-order valence-electron chi connectivity index (χ2n) is 5.36. The van der Waals surface area contributed by atoms with Gasteiger partial charge in [-0.3, -0.25) is 0 Å². The van der Waals surface area contributed by atoms with Gasteiger partial charge in [0.1, 0.15) is 12.2 Å². The predicted octanol–water partition coefficient (Wildman–Crippen LogP) is 3.11. The van der Waals surface area contributed by atoms with Crippen molar-refractivity contribution in [1.29, 1.82) is 0 Å². The molecule has 1 aliphatic heterocycles. The summed E-state index contributed by atoms with van der Waals surface area (Å²) in [5.74, 6) is 0.265. The van der Waals surface area contributed by atoms with Crippen LogP contribution in [0.5, 0.6) is 0 Å². The van der Waals surface area contributed by atoms with Gasteiger partial charge in [-0.1, -0.05) is 29.8 Å². The van der Waals surface area contributed by atoms with E-state index in [1.165, 1.54) is 0 Å². The van der Waals surface area contributed by atoms with Crippen LogP contribution >= 0.6 is 15.9 Å². The number of hydrogen-bond acceptors (Lipinski definition) is 3. The van der Waals surface area contributed by atoms with Gasteiger partial charge in [0.25, 0.3) is 0 Å². The van der Waals surface area contributed by atoms with Gasteiger partial charge < -0.3 is 9.47 Å². The predicted molar refractivity (Wildman–Crippen MR) is 60.1 cm³/mol. The monoisotopic (exact) mass is 276 g/mol. The number of fused-ring (bicyclic) bond motifs is 1. The molecule has 0 bridgehead atoms. The summed E-state index contributed by atoms with van der Waals surface area (Å²) in [5, 5.41) is 0. The fourth-order valence-electron chi connectivity index (χ4n) is 2.85. The maximum atomic E-state index is 11.2. The quantitative estimate of drug-likeness (QED) is 0.504. The molecule has 3 nitrogen and oxygen atoms in total. The minimum atomic E-state index is -0.516. The van der Waals surface area contributed by atoms with Crippen LogP contribution in [-0.4, -0.2) is 23.2 Å². The van der Waals surface area contributed by atoms with Crippen LogP contribution in [0, 0.1) is 11.3 Å². The van der Waals surface area contributed by atoms with E-state index in [2.05, 4.69) is 29.8 Å². The highest BCUT2D eigenvalue weighted by Crippen LogP contribution is 2.52. The molecule has 1 saturated heterocycles. The summed E-state index contributed by atoms with van der Waals surface area (Å²) in [6.45, 7) is 6.91. The highest BCUT2D eigenvalue weighted by molar-refractivity contribution is 9.09. The molecule has 1 heterocycles. The Balaban J connectivity index is 2.29. The first-order valence-electron chi connectivity index (χ1n) is 5.36. The van der Waals surface area contributed by atoms with E-state index in [0.29, 0.717) is 11.4 Å². The zero-order valence-corrected chi connectivity index (χ0v) is 11.0. The molecule has 0 N–H and O–H groups in total. The first-order chi connectivity index (χ1) is 6.86. The zero-order chi connectivity index (χ0) is 11.3. The highest BCUT2D eigenvalue weighted by Gasteiger charge is 2.55. The van der Waals surface area contributed by atoms with Crippen molar-refractivity contribution in [2.24, 2.45) is 11.3 Å². The molecule has 15 heavy (non-hydrogen) atoms. The van der Waals surface area contributed by atoms with Gasteiger partial charge in [-0.25, -0.2) is 4.79 Å². The number of halogens is 1. The second-order valence-corrected chi connectivity index (χ2v) is 6.46. The standard InChI is InChI=1S/C11H17BrO3/c1-10(2)7-6-14-9(13)15-11(7,3)5-4-8(10)12/h7-8H,4-6H2,1-3H3/t7-,8-,11-/m0/s1. The van der Waals surface area contributed by atoms with Gasteiger partial charge in [-0.05, 0) is 25.2 Å². The summed E-state index contributed by atoms with van der Waals surface area (Å²) < 4.78 is 10.4. The minimum absolute atomic E-state index is 0.0910. The van der Waals surface area contributed by atoms with Crippen molar-refractivity contribution in [2.45, 2.75) is 44.0 Å². The number of ether oxygens (including phenoxy) is 2. The van der Waals surface area contributed by atoms with Gasteiger partial charge in [-0.15, -0.1) is 0 Å². The summed E-state index contributed by atoms with van der Waals surface area (Å²) in [6.07, 6.45) is 1.43. The summed E-state index contributed by atoms with van der Waals surface area (Å²) >= 11 is 3.72. The van der Waals surface area contributed by atoms with E-state index in [4.69, 9.17) is 9.47 Å². The zero-order valence-electron chi connectivity index (χ0n) is 9.38. The van der Waals surface area contributed by atoms with E-state index >= 15 is 0 Å². The molecule has 2 fully saturated rings. The van der Waals surface area contributed by atoms with Gasteiger partial charge >= 0.3 is 6.16 Å². The van der Waals surface area contributed by atoms with Gasteiger partial charge in [0.05, 0.1) is 0 Å². The molecule has 0 radical (unpaired) electrons. The third-order valence-electron chi connectivity index (χ3n) is 4.02. The molecule has 2 aliphatic rings. The lowest BCUT2D eigenvalue weighted by Gasteiger charge is -2.53. The maximum absolute atomic E-state index is 11.2. The fourth-order valence-corrected chi connectivity index (χ4v) is 3.40. The number of carbonyl (C=O) groups excluding carboxylic acids is 1. The number of hydrogen-bond donors (Lipinski definition) is 0. The molecular formula is C11H17BrO3. The molecule has 86 valence electrons. The lowest BCUT2D eigenvalue weighted by molar-refractivity contribution is -0.166. The molecule has 0 aromatic rings. The molecule has 0 unspecified atom stereocenters. The van der Waals surface area contributed by atoms with E-state index in [1.807, 2.05) is 6.92 Å². The molecule has 3 atom stereocenters. The summed E-state index contributed by atoms with van der Waals surface area (Å²) in [4.78, 5) is 11.6. The lowest BCUT2D eigenvalue weighted by Crippen LogP contribution is -2.58. The fraction of sp³-hybridized carbons (Fsp3) is 0.909. The van der Waals surface area contributed by atoms with Crippen LogP contribution in [0.2, 0.25) is 0 Å². The number of cyclic esters (lactones) is 1. The van der Waals surface area contributed by atoms with E-state index in [0.717, 1.165) is 12.8 Å². The van der Waals surface area contributed by atoms with E-state index < -0.39 is 6.16 Å². The van der Waals surface area contributed by atoms with Crippen molar-refractivity contribution in [3.63, 3.8) is 0 Å². The van der Waals surface area contributed by atoms with Crippen LogP contribution in [0.3, 0.4) is 0 Å². The van der Waals surface area contributed by atoms with E-state index in [1.54, 1.807) is 0 Å². The Hall–Kier alpha value is -0.250. The largest absolute Gasteiger partial charge is 0.508 e. The summed E-state index contributed by atoms with van der Waals surface area (Å²) in [7, 11) is 0. The van der Waals surface area contributed by atoms with Crippen molar-refractivity contribution in [3.8, 4) is 0 Å². The Morgan fingerprint density at radius 1 is 1.40 bits per heavy atom. The molecule has 0 spiro atoms. The Bertz CT molecular complexity index is 290. The topological polar surface area (TPSA) is 35.5 Å². The molecule has 0 aromatic carbocycles. The van der Waals surface area contributed by atoms with Crippen LogP contribution in [0.15, 0.2) is 0 Å². The van der Waals surface area contributed by atoms with Crippen molar-refractivity contribution < 1.29 is 14.3 Å². The lowest BCUT2D eigenvalue weighted by atomic mass is 9.62. The van der Waals surface area contributed by atoms with Crippen LogP contribution < -0.4 is 0 Å². The molecule has 2 rings (SSSR count). The van der Waals surface area contributed by atoms with Crippen molar-refractivity contribution in [2.75, 3.05) is 6.61 Å². The first-order valence-corrected chi connectivity index (χ1v) is 6.28. The number of carbonyl (C=O) groups is 1. The van der Waals surface area contributed by atoms with Crippen LogP contribution in [0.1, 0.15) is 33.6 Å². The number of rotatable bonds is 0. The summed E-state index contributed by atoms with van der Waals surface area (Å²) in [5.41, 5.74) is -0.253. The van der Waals surface area contributed by atoms with Crippen LogP contribution in [-0.2, 0) is 9.47 Å². The Kier molecular flexibility index (Phi) is 2.53. The highest BCUT2D eigenvalue weighted by atomic mass is 79.9. The van der Waals surface area contributed by atoms with Gasteiger partial charge in [0, 0.05) is 10.7 Å². The minimum Gasteiger partial charge on any atom is -0.434 e. The summed E-state index contributed by atoms with van der Waals surface area (Å²) in [6, 6.07) is 0. The van der Waals surface area contributed by atoms with Gasteiger partial charge in [0.2, 0.25) is 0 Å². The third kappa shape index (κ3) is 1.67. The second kappa shape index (κ2) is 3.37. The molecule has 4 heteroatoms. The Labute approximate surface area is 98.6 Å².